The summed E-state index contributed by atoms with van der Waals surface area (Å²) in [6.45, 7) is 27.5. The van der Waals surface area contributed by atoms with Gasteiger partial charge in [0.25, 0.3) is 8.32 Å². The summed E-state index contributed by atoms with van der Waals surface area (Å²) >= 11 is 0. The number of ether oxygens (including phenoxy) is 5. The Morgan fingerprint density at radius 2 is 1.31 bits per heavy atom. The van der Waals surface area contributed by atoms with Gasteiger partial charge in [0, 0.05) is 24.4 Å². The van der Waals surface area contributed by atoms with Crippen molar-refractivity contribution >= 4 is 22.6 Å². The number of fused-ring (bicyclic) bond motifs is 2. The van der Waals surface area contributed by atoms with Gasteiger partial charge in [-0.25, -0.2) is 0 Å². The second kappa shape index (κ2) is 13.8. The van der Waals surface area contributed by atoms with Crippen molar-refractivity contribution in [1.29, 1.82) is 0 Å². The van der Waals surface area contributed by atoms with E-state index in [2.05, 4.69) is 67.7 Å². The molecule has 0 fully saturated rings. The lowest BCUT2D eigenvalue weighted by Gasteiger charge is -2.48. The summed E-state index contributed by atoms with van der Waals surface area (Å²) in [4.78, 5) is 13.2. The zero-order chi connectivity index (χ0) is 36.9. The molecule has 1 aliphatic heterocycles. The quantitative estimate of drug-likeness (QED) is 0.191. The number of methoxy groups -OCH3 is 2. The van der Waals surface area contributed by atoms with Crippen LogP contribution in [0.5, 0.6) is 28.7 Å². The van der Waals surface area contributed by atoms with Crippen molar-refractivity contribution in [2.45, 2.75) is 111 Å². The van der Waals surface area contributed by atoms with Crippen LogP contribution in [0, 0.1) is 17.3 Å². The van der Waals surface area contributed by atoms with Gasteiger partial charge in [0.2, 0.25) is 6.79 Å². The van der Waals surface area contributed by atoms with Crippen LogP contribution in [0.4, 0.5) is 0 Å². The van der Waals surface area contributed by atoms with Crippen LogP contribution in [0.15, 0.2) is 24.3 Å². The van der Waals surface area contributed by atoms with E-state index >= 15 is 0 Å². The monoisotopic (exact) mass is 716 g/mol. The molecule has 2 aromatic carbocycles. The number of esters is 1. The molecule has 49 heavy (non-hydrogen) atoms. The van der Waals surface area contributed by atoms with Crippen molar-refractivity contribution in [2.24, 2.45) is 17.3 Å². The Bertz CT molecular complexity index is 1490. The Morgan fingerprint density at radius 3 is 1.76 bits per heavy atom. The van der Waals surface area contributed by atoms with Gasteiger partial charge in [0.1, 0.15) is 0 Å². The Morgan fingerprint density at radius 1 is 0.796 bits per heavy atom. The second-order valence-electron chi connectivity index (χ2n) is 17.6. The number of carbonyl (C=O) groups excluding carboxylic acids is 1. The first-order valence-corrected chi connectivity index (χ1v) is 23.1. The zero-order valence-electron chi connectivity index (χ0n) is 32.5. The van der Waals surface area contributed by atoms with Gasteiger partial charge in [-0.15, -0.1) is 0 Å². The summed E-state index contributed by atoms with van der Waals surface area (Å²) in [5.74, 6) is 1.48. The fraction of sp³-hybridized carbons (Fsp3) is 0.658. The molecule has 1 N–H and O–H groups in total. The number of hydrogen-bond acceptors (Lipinski definition) is 9. The summed E-state index contributed by atoms with van der Waals surface area (Å²) in [5, 5.41) is 11.1. The fourth-order valence-electron chi connectivity index (χ4n) is 5.92. The largest absolute Gasteiger partial charge is 0.539 e. The summed E-state index contributed by atoms with van der Waals surface area (Å²) in [5.41, 5.74) is 2.06. The van der Waals surface area contributed by atoms with Gasteiger partial charge in [0.05, 0.1) is 32.3 Å². The predicted octanol–water partition coefficient (Wildman–Crippen LogP) is 8.84. The van der Waals surface area contributed by atoms with Crippen LogP contribution in [-0.4, -0.2) is 61.9 Å². The molecule has 11 heteroatoms. The molecule has 0 radical (unpaired) electrons. The van der Waals surface area contributed by atoms with Crippen LogP contribution < -0.4 is 23.4 Å². The number of carbonyl (C=O) groups is 1. The van der Waals surface area contributed by atoms with Gasteiger partial charge in [-0.3, -0.25) is 4.79 Å². The first kappa shape index (κ1) is 39.1. The summed E-state index contributed by atoms with van der Waals surface area (Å²) < 4.78 is 43.9. The molecule has 0 bridgehead atoms. The Kier molecular flexibility index (Phi) is 11.0. The maximum atomic E-state index is 13.2. The molecule has 1 aliphatic carbocycles. The highest BCUT2D eigenvalue weighted by atomic mass is 28.4. The van der Waals surface area contributed by atoms with E-state index in [0.29, 0.717) is 28.7 Å². The SMILES string of the molecule is COc1cc([C@@H]2c3cc4c(cc3[C@@H](O[Si](C)(C)C(C)(C)C)[C@@H](CO)[C@@H]2COC(=O)C(C)(C)C)OCO4)cc(OC)c1O[Si](C)(C)C(C)(C)C. The van der Waals surface area contributed by atoms with E-state index in [1.165, 1.54) is 0 Å². The van der Waals surface area contributed by atoms with E-state index in [9.17, 15) is 9.90 Å². The third kappa shape index (κ3) is 7.79. The van der Waals surface area contributed by atoms with Crippen molar-refractivity contribution in [3.8, 4) is 28.7 Å². The zero-order valence-corrected chi connectivity index (χ0v) is 34.5. The van der Waals surface area contributed by atoms with E-state index in [-0.39, 0.29) is 47.9 Å². The van der Waals surface area contributed by atoms with Gasteiger partial charge in [-0.1, -0.05) is 41.5 Å². The highest BCUT2D eigenvalue weighted by Crippen LogP contribution is 2.56. The minimum absolute atomic E-state index is 0.0536. The van der Waals surface area contributed by atoms with Crippen molar-refractivity contribution in [1.82, 2.24) is 0 Å². The van der Waals surface area contributed by atoms with Crippen LogP contribution in [0.25, 0.3) is 0 Å². The Hall–Kier alpha value is -2.74. The first-order valence-electron chi connectivity index (χ1n) is 17.3. The van der Waals surface area contributed by atoms with E-state index in [1.807, 2.05) is 45.0 Å². The van der Waals surface area contributed by atoms with Crippen molar-refractivity contribution in [3.05, 3.63) is 41.0 Å². The summed E-state index contributed by atoms with van der Waals surface area (Å²) in [6.07, 6.45) is -0.477. The second-order valence-corrected chi connectivity index (χ2v) is 27.1. The molecule has 4 rings (SSSR count). The van der Waals surface area contributed by atoms with E-state index in [1.54, 1.807) is 14.2 Å². The molecule has 274 valence electrons. The fourth-order valence-corrected chi connectivity index (χ4v) is 8.23. The molecule has 4 atom stereocenters. The first-order chi connectivity index (χ1) is 22.5. The molecular formula is C38H60O9Si2. The lowest BCUT2D eigenvalue weighted by atomic mass is 9.65. The minimum atomic E-state index is -2.37. The normalized spacial score (nSPS) is 21.2. The molecule has 0 spiro atoms. The molecule has 0 aromatic heterocycles. The molecule has 0 amide bonds. The Labute approximate surface area is 296 Å². The molecule has 0 unspecified atom stereocenters. The molecular weight excluding hydrogens is 657 g/mol. The Balaban J connectivity index is 2.00. The highest BCUT2D eigenvalue weighted by molar-refractivity contribution is 6.75. The molecule has 2 aromatic rings. The van der Waals surface area contributed by atoms with E-state index < -0.39 is 34.1 Å². The van der Waals surface area contributed by atoms with Crippen LogP contribution in [0.2, 0.25) is 36.3 Å². The third-order valence-corrected chi connectivity index (χ3v) is 19.8. The van der Waals surface area contributed by atoms with Gasteiger partial charge in [-0.2, -0.15) is 0 Å². The smallest absolute Gasteiger partial charge is 0.311 e. The van der Waals surface area contributed by atoms with Gasteiger partial charge in [0.15, 0.2) is 37.1 Å². The molecule has 0 saturated heterocycles. The van der Waals surface area contributed by atoms with Crippen molar-refractivity contribution in [2.75, 3.05) is 34.2 Å². The highest BCUT2D eigenvalue weighted by Gasteiger charge is 2.50. The molecule has 0 saturated carbocycles. The minimum Gasteiger partial charge on any atom is -0.539 e. The topological polar surface area (TPSA) is 102 Å². The lowest BCUT2D eigenvalue weighted by molar-refractivity contribution is -0.156. The van der Waals surface area contributed by atoms with Crippen molar-refractivity contribution < 1.29 is 42.4 Å². The number of aliphatic hydroxyl groups excluding tert-OH is 1. The predicted molar refractivity (Wildman–Crippen MR) is 197 cm³/mol. The number of rotatable bonds is 10. The average Bonchev–Trinajstić information content (AvgIpc) is 3.44. The lowest BCUT2D eigenvalue weighted by Crippen LogP contribution is -2.47. The van der Waals surface area contributed by atoms with Crippen LogP contribution in [0.3, 0.4) is 0 Å². The van der Waals surface area contributed by atoms with Crippen LogP contribution in [0.1, 0.15) is 91.0 Å². The summed E-state index contributed by atoms with van der Waals surface area (Å²) in [6, 6.07) is 8.01. The third-order valence-electron chi connectivity index (χ3n) is 11.1. The standard InChI is InChI=1S/C38H60O9Si2/c1-36(2,3)35(40)43-21-27-26(20-39)33(46-48(12,13)37(4,5)6)25-19-29-28(44-22-45-29)18-24(25)32(27)23-16-30(41-10)34(31(17-23)42-11)47-49(14,15)38(7,8)9/h16-19,26-27,32-33,39H,20-22H2,1-15H3/t26-,27-,32+,33+/m0/s1. The van der Waals surface area contributed by atoms with Crippen LogP contribution in [-0.2, 0) is 14.0 Å². The molecule has 9 nitrogen and oxygen atoms in total. The van der Waals surface area contributed by atoms with Gasteiger partial charge in [-0.05, 0) is 98.0 Å². The van der Waals surface area contributed by atoms with Crippen molar-refractivity contribution in [3.63, 3.8) is 0 Å². The van der Waals surface area contributed by atoms with E-state index in [0.717, 1.165) is 16.7 Å². The van der Waals surface area contributed by atoms with E-state index in [4.69, 9.17) is 32.5 Å². The maximum absolute atomic E-state index is 13.2. The van der Waals surface area contributed by atoms with Gasteiger partial charge >= 0.3 is 5.97 Å². The number of hydrogen-bond donors (Lipinski definition) is 1. The average molecular weight is 717 g/mol. The van der Waals surface area contributed by atoms with Crippen LogP contribution >= 0.6 is 0 Å². The maximum Gasteiger partial charge on any atom is 0.311 e. The molecule has 1 heterocycles. The van der Waals surface area contributed by atoms with Gasteiger partial charge < -0.3 is 37.6 Å². The number of aliphatic hydroxyl groups is 1. The number of benzene rings is 2. The summed E-state index contributed by atoms with van der Waals surface area (Å²) in [7, 11) is -1.39. The molecule has 2 aliphatic rings.